The maximum absolute atomic E-state index is 11.3. The molecule has 39 heavy (non-hydrogen) atoms. The predicted molar refractivity (Wildman–Crippen MR) is 149 cm³/mol. The van der Waals surface area contributed by atoms with Gasteiger partial charge in [-0.15, -0.1) is 0 Å². The molecule has 6 rings (SSSR count). The van der Waals surface area contributed by atoms with Crippen LogP contribution in [-0.4, -0.2) is 47.6 Å². The van der Waals surface area contributed by atoms with E-state index in [-0.39, 0.29) is 23.1 Å². The van der Waals surface area contributed by atoms with Gasteiger partial charge in [-0.2, -0.15) is 0 Å². The van der Waals surface area contributed by atoms with Gasteiger partial charge in [-0.1, -0.05) is 26.2 Å². The highest BCUT2D eigenvalue weighted by Gasteiger charge is 2.50. The number of hydrogen-bond donors (Lipinski definition) is 4. The molecule has 3 aromatic heterocycles. The van der Waals surface area contributed by atoms with Crippen LogP contribution < -0.4 is 10.6 Å². The molecule has 3 aliphatic carbocycles. The third-order valence-corrected chi connectivity index (χ3v) is 9.27. The Morgan fingerprint density at radius 1 is 1.13 bits per heavy atom. The minimum absolute atomic E-state index is 0.0321. The van der Waals surface area contributed by atoms with E-state index in [1.807, 2.05) is 12.4 Å². The van der Waals surface area contributed by atoms with Gasteiger partial charge in [0.1, 0.15) is 11.3 Å². The van der Waals surface area contributed by atoms with Crippen molar-refractivity contribution in [3.63, 3.8) is 0 Å². The second kappa shape index (κ2) is 10.2. The van der Waals surface area contributed by atoms with Crippen LogP contribution in [-0.2, 0) is 12.0 Å². The lowest BCUT2D eigenvalue weighted by atomic mass is 9.80. The number of nitrogens with one attached hydrogen (secondary N) is 3. The predicted octanol–water partition coefficient (Wildman–Crippen LogP) is 5.32. The second-order valence-electron chi connectivity index (χ2n) is 12.0. The molecule has 0 saturated heterocycles. The molecule has 1 atom stereocenters. The molecule has 3 fully saturated rings. The number of amidine groups is 1. The summed E-state index contributed by atoms with van der Waals surface area (Å²) in [5.74, 6) is 3.20. The quantitative estimate of drug-likeness (QED) is 0.228. The van der Waals surface area contributed by atoms with Gasteiger partial charge in [0.05, 0.1) is 5.41 Å². The normalized spacial score (nSPS) is 23.1. The van der Waals surface area contributed by atoms with Gasteiger partial charge in [0.15, 0.2) is 23.1 Å². The van der Waals surface area contributed by atoms with Crippen molar-refractivity contribution in [1.29, 1.82) is 5.41 Å². The maximum Gasteiger partial charge on any atom is 0.410 e. The zero-order valence-electron chi connectivity index (χ0n) is 22.8. The van der Waals surface area contributed by atoms with Crippen molar-refractivity contribution in [1.82, 2.24) is 29.8 Å². The number of carboxylic acid groups (broad SMARTS) is 1. The molecule has 1 amide bonds. The van der Waals surface area contributed by atoms with Gasteiger partial charge in [0.2, 0.25) is 0 Å². The fraction of sp³-hybridized carbons (Fsp3) is 0.586. The van der Waals surface area contributed by atoms with Crippen LogP contribution in [0.1, 0.15) is 88.8 Å². The van der Waals surface area contributed by atoms with Gasteiger partial charge in [-0.05, 0) is 80.9 Å². The molecule has 3 aromatic rings. The summed E-state index contributed by atoms with van der Waals surface area (Å²) in [5, 5.41) is 23.3. The fourth-order valence-electron chi connectivity index (χ4n) is 6.44. The SMILES string of the molecule is CC1CCC(Cn2c(C3(c4ccncc4)CC3)nc3nc(C(=N)NC(=O)O)nc(N[C@H](C)C4CCC4)c32)CC1. The minimum Gasteiger partial charge on any atom is -0.465 e. The molecule has 0 spiro atoms. The summed E-state index contributed by atoms with van der Waals surface area (Å²) in [5.41, 5.74) is 2.38. The molecule has 3 heterocycles. The number of carbonyl (C=O) groups is 1. The van der Waals surface area contributed by atoms with E-state index in [9.17, 15) is 9.90 Å². The van der Waals surface area contributed by atoms with E-state index in [0.717, 1.165) is 36.6 Å². The molecule has 0 bridgehead atoms. The number of imidazole rings is 1. The molecule has 0 aliphatic heterocycles. The summed E-state index contributed by atoms with van der Waals surface area (Å²) in [4.78, 5) is 30.1. The molecule has 10 heteroatoms. The number of nitrogens with zero attached hydrogens (tertiary/aromatic N) is 5. The van der Waals surface area contributed by atoms with Gasteiger partial charge in [0, 0.05) is 25.0 Å². The van der Waals surface area contributed by atoms with Crippen molar-refractivity contribution >= 4 is 28.9 Å². The van der Waals surface area contributed by atoms with Gasteiger partial charge in [-0.25, -0.2) is 19.7 Å². The molecule has 4 N–H and O–H groups in total. The lowest BCUT2D eigenvalue weighted by Crippen LogP contribution is -2.33. The van der Waals surface area contributed by atoms with Crippen molar-refractivity contribution in [2.75, 3.05) is 5.32 Å². The first-order chi connectivity index (χ1) is 18.8. The minimum atomic E-state index is -1.31. The van der Waals surface area contributed by atoms with Crippen molar-refractivity contribution in [3.05, 3.63) is 41.7 Å². The van der Waals surface area contributed by atoms with Crippen molar-refractivity contribution < 1.29 is 9.90 Å². The number of rotatable bonds is 8. The Balaban J connectivity index is 1.50. The standard InChI is InChI=1S/C29H38N8O2/c1-17-6-8-19(9-7-17)16-37-22-24(32-18(2)20-4-3-5-20)34-26(23(30)33-28(38)39)35-25(22)36-27(37)29(12-13-29)21-10-14-31-15-11-21/h10-11,14-15,17-20H,3-9,12-13,16H2,1-2H3,(H2,30,33)(H,38,39)(H,32,34,35)/t17?,18-,19?/m1/s1. The lowest BCUT2D eigenvalue weighted by molar-refractivity contribution is 0.200. The van der Waals surface area contributed by atoms with Crippen LogP contribution in [0.5, 0.6) is 0 Å². The highest BCUT2D eigenvalue weighted by molar-refractivity contribution is 6.03. The summed E-state index contributed by atoms with van der Waals surface area (Å²) in [6.45, 7) is 5.38. The molecule has 3 aliphatic rings. The monoisotopic (exact) mass is 530 g/mol. The van der Waals surface area contributed by atoms with Gasteiger partial charge < -0.3 is 15.0 Å². The van der Waals surface area contributed by atoms with Crippen LogP contribution in [0.25, 0.3) is 11.2 Å². The van der Waals surface area contributed by atoms with Crippen LogP contribution in [0, 0.1) is 23.2 Å². The zero-order chi connectivity index (χ0) is 27.1. The first kappa shape index (κ1) is 25.7. The van der Waals surface area contributed by atoms with Crippen LogP contribution in [0.4, 0.5) is 10.6 Å². The number of anilines is 1. The zero-order valence-corrected chi connectivity index (χ0v) is 22.8. The lowest BCUT2D eigenvalue weighted by Gasteiger charge is -2.32. The highest BCUT2D eigenvalue weighted by atomic mass is 16.4. The Morgan fingerprint density at radius 2 is 1.85 bits per heavy atom. The van der Waals surface area contributed by atoms with Gasteiger partial charge in [0.25, 0.3) is 0 Å². The highest BCUT2D eigenvalue weighted by Crippen LogP contribution is 2.54. The summed E-state index contributed by atoms with van der Waals surface area (Å²) in [7, 11) is 0. The average molecular weight is 531 g/mol. The molecular weight excluding hydrogens is 492 g/mol. The molecule has 10 nitrogen and oxygen atoms in total. The van der Waals surface area contributed by atoms with Gasteiger partial charge in [-0.3, -0.25) is 15.7 Å². The van der Waals surface area contributed by atoms with Crippen LogP contribution in [0.3, 0.4) is 0 Å². The Bertz CT molecular complexity index is 1370. The van der Waals surface area contributed by atoms with Crippen molar-refractivity contribution in [2.24, 2.45) is 17.8 Å². The van der Waals surface area contributed by atoms with Gasteiger partial charge >= 0.3 is 6.09 Å². The Labute approximate surface area is 228 Å². The summed E-state index contributed by atoms with van der Waals surface area (Å²) in [6.07, 6.45) is 12.8. The fourth-order valence-corrected chi connectivity index (χ4v) is 6.44. The van der Waals surface area contributed by atoms with E-state index in [4.69, 9.17) is 15.4 Å². The molecule has 3 saturated carbocycles. The molecule has 0 radical (unpaired) electrons. The number of pyridine rings is 1. The van der Waals surface area contributed by atoms with E-state index < -0.39 is 6.09 Å². The van der Waals surface area contributed by atoms with Crippen molar-refractivity contribution in [2.45, 2.75) is 89.6 Å². The Hall–Kier alpha value is -3.56. The smallest absolute Gasteiger partial charge is 0.410 e. The van der Waals surface area contributed by atoms with E-state index in [0.29, 0.717) is 23.3 Å². The maximum atomic E-state index is 11.3. The molecule has 0 aromatic carbocycles. The molecular formula is C29H38N8O2. The van der Waals surface area contributed by atoms with E-state index in [1.165, 1.54) is 50.5 Å². The van der Waals surface area contributed by atoms with Crippen LogP contribution in [0.15, 0.2) is 24.5 Å². The summed E-state index contributed by atoms with van der Waals surface area (Å²) >= 11 is 0. The first-order valence-electron chi connectivity index (χ1n) is 14.4. The van der Waals surface area contributed by atoms with Crippen LogP contribution in [0.2, 0.25) is 0 Å². The molecule has 0 unspecified atom stereocenters. The van der Waals surface area contributed by atoms with E-state index >= 15 is 0 Å². The number of aromatic nitrogens is 5. The van der Waals surface area contributed by atoms with E-state index in [2.05, 4.69) is 51.1 Å². The summed E-state index contributed by atoms with van der Waals surface area (Å²) < 4.78 is 2.36. The molecule has 206 valence electrons. The van der Waals surface area contributed by atoms with Crippen molar-refractivity contribution in [3.8, 4) is 0 Å². The third kappa shape index (κ3) is 4.96. The van der Waals surface area contributed by atoms with E-state index in [1.54, 1.807) is 0 Å². The number of hydrogen-bond acceptors (Lipinski definition) is 7. The Kier molecular flexibility index (Phi) is 6.72. The third-order valence-electron chi connectivity index (χ3n) is 9.27. The number of fused-ring (bicyclic) bond motifs is 1. The largest absolute Gasteiger partial charge is 0.465 e. The first-order valence-corrected chi connectivity index (χ1v) is 14.4. The second-order valence-corrected chi connectivity index (χ2v) is 12.0. The average Bonchev–Trinajstić information content (AvgIpc) is 3.60. The topological polar surface area (TPSA) is 142 Å². The Morgan fingerprint density at radius 3 is 2.46 bits per heavy atom. The number of amides is 1. The van der Waals surface area contributed by atoms with Crippen LogP contribution >= 0.6 is 0 Å². The summed E-state index contributed by atoms with van der Waals surface area (Å²) in [6, 6.07) is 4.37.